The Labute approximate surface area is 98.9 Å². The second kappa shape index (κ2) is 3.63. The summed E-state index contributed by atoms with van der Waals surface area (Å²) in [4.78, 5) is 13.9. The maximum atomic E-state index is 12.2. The standard InChI is InChI=1S/C14H11NO2/c16-12-6-7-13-10(8-12)9-15(14(13)17)11-4-2-1-3-5-11/h1-8,16H,9H2. The quantitative estimate of drug-likeness (QED) is 0.810. The van der Waals surface area contributed by atoms with Crippen molar-refractivity contribution < 1.29 is 9.90 Å². The van der Waals surface area contributed by atoms with Crippen molar-refractivity contribution in [2.24, 2.45) is 0 Å². The number of hydrogen-bond donors (Lipinski definition) is 1. The van der Waals surface area contributed by atoms with E-state index in [2.05, 4.69) is 0 Å². The zero-order chi connectivity index (χ0) is 11.8. The summed E-state index contributed by atoms with van der Waals surface area (Å²) >= 11 is 0. The van der Waals surface area contributed by atoms with Crippen molar-refractivity contribution in [3.63, 3.8) is 0 Å². The first kappa shape index (κ1) is 9.90. The van der Waals surface area contributed by atoms with Gasteiger partial charge in [-0.3, -0.25) is 4.79 Å². The van der Waals surface area contributed by atoms with Crippen LogP contribution in [0.15, 0.2) is 48.5 Å². The molecular weight excluding hydrogens is 214 g/mol. The van der Waals surface area contributed by atoms with E-state index >= 15 is 0 Å². The van der Waals surface area contributed by atoms with Crippen molar-refractivity contribution in [1.29, 1.82) is 0 Å². The van der Waals surface area contributed by atoms with Crippen molar-refractivity contribution in [1.82, 2.24) is 0 Å². The summed E-state index contributed by atoms with van der Waals surface area (Å²) in [7, 11) is 0. The van der Waals surface area contributed by atoms with Gasteiger partial charge in [-0.25, -0.2) is 0 Å². The Hall–Kier alpha value is -2.29. The molecule has 0 radical (unpaired) electrons. The molecule has 0 saturated heterocycles. The molecule has 84 valence electrons. The van der Waals surface area contributed by atoms with Gasteiger partial charge in [-0.15, -0.1) is 0 Å². The van der Waals surface area contributed by atoms with Crippen LogP contribution < -0.4 is 4.90 Å². The lowest BCUT2D eigenvalue weighted by molar-refractivity contribution is 0.0996. The van der Waals surface area contributed by atoms with E-state index in [-0.39, 0.29) is 11.7 Å². The number of nitrogens with zero attached hydrogens (tertiary/aromatic N) is 1. The van der Waals surface area contributed by atoms with Crippen LogP contribution in [0.3, 0.4) is 0 Å². The molecule has 0 aliphatic carbocycles. The number of rotatable bonds is 1. The maximum absolute atomic E-state index is 12.2. The molecule has 0 aromatic heterocycles. The molecule has 0 bridgehead atoms. The van der Waals surface area contributed by atoms with Gasteiger partial charge < -0.3 is 10.0 Å². The number of aromatic hydroxyl groups is 1. The Morgan fingerprint density at radius 3 is 2.59 bits per heavy atom. The molecule has 2 aromatic carbocycles. The van der Waals surface area contributed by atoms with Crippen LogP contribution in [0.4, 0.5) is 5.69 Å². The van der Waals surface area contributed by atoms with Gasteiger partial charge in [0.25, 0.3) is 5.91 Å². The molecule has 1 N–H and O–H groups in total. The van der Waals surface area contributed by atoms with E-state index in [0.29, 0.717) is 12.1 Å². The number of phenolic OH excluding ortho intramolecular Hbond substituents is 1. The predicted octanol–water partition coefficient (Wildman–Crippen LogP) is 2.55. The van der Waals surface area contributed by atoms with Gasteiger partial charge in [-0.2, -0.15) is 0 Å². The second-order valence-electron chi connectivity index (χ2n) is 4.07. The van der Waals surface area contributed by atoms with Crippen LogP contribution in [0.25, 0.3) is 0 Å². The lowest BCUT2D eigenvalue weighted by atomic mass is 10.1. The van der Waals surface area contributed by atoms with Crippen LogP contribution in [0, 0.1) is 0 Å². The van der Waals surface area contributed by atoms with Gasteiger partial charge in [0.15, 0.2) is 0 Å². The summed E-state index contributed by atoms with van der Waals surface area (Å²) in [6.45, 7) is 0.520. The van der Waals surface area contributed by atoms with E-state index in [1.54, 1.807) is 23.1 Å². The van der Waals surface area contributed by atoms with Crippen molar-refractivity contribution in [2.45, 2.75) is 6.54 Å². The molecule has 0 saturated carbocycles. The highest BCUT2D eigenvalue weighted by Crippen LogP contribution is 2.29. The fourth-order valence-corrected chi connectivity index (χ4v) is 2.12. The molecule has 1 amide bonds. The molecule has 2 aromatic rings. The van der Waals surface area contributed by atoms with E-state index in [4.69, 9.17) is 0 Å². The Bertz CT molecular complexity index is 578. The van der Waals surface area contributed by atoms with E-state index in [1.807, 2.05) is 30.3 Å². The van der Waals surface area contributed by atoms with Crippen LogP contribution in [-0.2, 0) is 6.54 Å². The average Bonchev–Trinajstić information content (AvgIpc) is 2.67. The topological polar surface area (TPSA) is 40.5 Å². The lowest BCUT2D eigenvalue weighted by Crippen LogP contribution is -2.22. The molecule has 0 unspecified atom stereocenters. The van der Waals surface area contributed by atoms with Gasteiger partial charge >= 0.3 is 0 Å². The van der Waals surface area contributed by atoms with E-state index in [9.17, 15) is 9.90 Å². The van der Waals surface area contributed by atoms with Crippen molar-refractivity contribution >= 4 is 11.6 Å². The first-order valence-corrected chi connectivity index (χ1v) is 5.44. The molecule has 0 atom stereocenters. The van der Waals surface area contributed by atoms with Crippen LogP contribution in [0.5, 0.6) is 5.75 Å². The van der Waals surface area contributed by atoms with E-state index in [1.165, 1.54) is 0 Å². The van der Waals surface area contributed by atoms with Crippen molar-refractivity contribution in [3.05, 3.63) is 59.7 Å². The molecule has 3 heteroatoms. The summed E-state index contributed by atoms with van der Waals surface area (Å²) in [5.41, 5.74) is 2.43. The molecule has 1 aliphatic heterocycles. The third-order valence-corrected chi connectivity index (χ3v) is 2.96. The summed E-state index contributed by atoms with van der Waals surface area (Å²) < 4.78 is 0. The number of phenols is 1. The molecule has 1 heterocycles. The monoisotopic (exact) mass is 225 g/mol. The predicted molar refractivity (Wildman–Crippen MR) is 65.1 cm³/mol. The minimum absolute atomic E-state index is 0.00815. The van der Waals surface area contributed by atoms with E-state index in [0.717, 1.165) is 11.3 Å². The fourth-order valence-electron chi connectivity index (χ4n) is 2.12. The maximum Gasteiger partial charge on any atom is 0.258 e. The number of carbonyl (C=O) groups excluding carboxylic acids is 1. The van der Waals surface area contributed by atoms with Gasteiger partial charge in [0.05, 0.1) is 6.54 Å². The average molecular weight is 225 g/mol. The highest BCUT2D eigenvalue weighted by Gasteiger charge is 2.28. The molecule has 3 nitrogen and oxygen atoms in total. The third kappa shape index (κ3) is 1.56. The number of anilines is 1. The largest absolute Gasteiger partial charge is 0.508 e. The molecular formula is C14H11NO2. The minimum atomic E-state index is -0.00815. The molecule has 3 rings (SSSR count). The second-order valence-corrected chi connectivity index (χ2v) is 4.07. The number of para-hydroxylation sites is 1. The summed E-state index contributed by atoms with van der Waals surface area (Å²) in [5, 5.41) is 9.41. The third-order valence-electron chi connectivity index (χ3n) is 2.96. The summed E-state index contributed by atoms with van der Waals surface area (Å²) in [6, 6.07) is 14.4. The number of hydrogen-bond acceptors (Lipinski definition) is 2. The molecule has 1 aliphatic rings. The fraction of sp³-hybridized carbons (Fsp3) is 0.0714. The first-order valence-electron chi connectivity index (χ1n) is 5.44. The Kier molecular flexibility index (Phi) is 2.11. The van der Waals surface area contributed by atoms with Gasteiger partial charge in [0, 0.05) is 11.3 Å². The highest BCUT2D eigenvalue weighted by atomic mass is 16.3. The SMILES string of the molecule is O=C1c2ccc(O)cc2CN1c1ccccc1. The van der Waals surface area contributed by atoms with Gasteiger partial charge in [0.1, 0.15) is 5.75 Å². The molecule has 17 heavy (non-hydrogen) atoms. The van der Waals surface area contributed by atoms with Crippen LogP contribution in [0.2, 0.25) is 0 Å². The number of carbonyl (C=O) groups is 1. The molecule has 0 spiro atoms. The van der Waals surface area contributed by atoms with Crippen LogP contribution in [0.1, 0.15) is 15.9 Å². The van der Waals surface area contributed by atoms with Crippen LogP contribution >= 0.6 is 0 Å². The van der Waals surface area contributed by atoms with Gasteiger partial charge in [-0.1, -0.05) is 18.2 Å². The van der Waals surface area contributed by atoms with Gasteiger partial charge in [0.2, 0.25) is 0 Å². The number of benzene rings is 2. The Balaban J connectivity index is 2.02. The zero-order valence-electron chi connectivity index (χ0n) is 9.13. The Morgan fingerprint density at radius 2 is 1.82 bits per heavy atom. The van der Waals surface area contributed by atoms with Crippen molar-refractivity contribution in [3.8, 4) is 5.75 Å². The zero-order valence-corrected chi connectivity index (χ0v) is 9.13. The van der Waals surface area contributed by atoms with Crippen LogP contribution in [-0.4, -0.2) is 11.0 Å². The highest BCUT2D eigenvalue weighted by molar-refractivity contribution is 6.10. The number of fused-ring (bicyclic) bond motifs is 1. The summed E-state index contributed by atoms with van der Waals surface area (Å²) in [5.74, 6) is 0.192. The normalized spacial score (nSPS) is 13.9. The summed E-state index contributed by atoms with van der Waals surface area (Å²) in [6.07, 6.45) is 0. The molecule has 0 fully saturated rings. The minimum Gasteiger partial charge on any atom is -0.508 e. The van der Waals surface area contributed by atoms with E-state index < -0.39 is 0 Å². The van der Waals surface area contributed by atoms with Crippen molar-refractivity contribution in [2.75, 3.05) is 4.90 Å². The Morgan fingerprint density at radius 1 is 1.06 bits per heavy atom. The lowest BCUT2D eigenvalue weighted by Gasteiger charge is -2.15. The first-order chi connectivity index (χ1) is 8.25. The van der Waals surface area contributed by atoms with Gasteiger partial charge in [-0.05, 0) is 35.9 Å². The smallest absolute Gasteiger partial charge is 0.258 e. The number of amides is 1.